The Bertz CT molecular complexity index is 1100. The molecular formula is C28H33N3O3. The molecule has 3 aromatic carbocycles. The fourth-order valence-corrected chi connectivity index (χ4v) is 4.34. The van der Waals surface area contributed by atoms with Gasteiger partial charge >= 0.3 is 0 Å². The van der Waals surface area contributed by atoms with E-state index in [1.807, 2.05) is 32.3 Å². The number of hydrogen-bond acceptors (Lipinski definition) is 5. The van der Waals surface area contributed by atoms with Crippen molar-refractivity contribution >= 4 is 11.6 Å². The largest absolute Gasteiger partial charge is 0.497 e. The number of rotatable bonds is 9. The highest BCUT2D eigenvalue weighted by molar-refractivity contribution is 5.77. The van der Waals surface area contributed by atoms with Gasteiger partial charge in [-0.25, -0.2) is 0 Å². The molecule has 0 saturated heterocycles. The summed E-state index contributed by atoms with van der Waals surface area (Å²) < 4.78 is 10.9. The van der Waals surface area contributed by atoms with Crippen molar-refractivity contribution in [2.24, 2.45) is 0 Å². The van der Waals surface area contributed by atoms with Crippen LogP contribution in [0.3, 0.4) is 0 Å². The van der Waals surface area contributed by atoms with Crippen LogP contribution < -0.4 is 19.7 Å². The molecule has 0 spiro atoms. The van der Waals surface area contributed by atoms with Crippen LogP contribution in [-0.2, 0) is 17.8 Å². The van der Waals surface area contributed by atoms with Gasteiger partial charge in [0.15, 0.2) is 6.61 Å². The van der Waals surface area contributed by atoms with Gasteiger partial charge in [-0.05, 0) is 47.4 Å². The molecule has 3 aromatic rings. The minimum atomic E-state index is -0.143. The summed E-state index contributed by atoms with van der Waals surface area (Å²) in [7, 11) is 5.68. The zero-order chi connectivity index (χ0) is 23.9. The van der Waals surface area contributed by atoms with Crippen LogP contribution in [0, 0.1) is 0 Å². The highest BCUT2D eigenvalue weighted by Gasteiger charge is 2.25. The maximum Gasteiger partial charge on any atom is 0.258 e. The van der Waals surface area contributed by atoms with Crippen LogP contribution in [0.2, 0.25) is 0 Å². The van der Waals surface area contributed by atoms with Crippen molar-refractivity contribution in [1.29, 1.82) is 0 Å². The average Bonchev–Trinajstić information content (AvgIpc) is 2.88. The maximum absolute atomic E-state index is 12.6. The predicted molar refractivity (Wildman–Crippen MR) is 136 cm³/mol. The number of anilines is 1. The number of amides is 1. The second-order valence-electron chi connectivity index (χ2n) is 8.76. The van der Waals surface area contributed by atoms with E-state index in [9.17, 15) is 4.79 Å². The first-order valence-corrected chi connectivity index (χ1v) is 11.6. The number of carbonyl (C=O) groups is 1. The monoisotopic (exact) mass is 459 g/mol. The average molecular weight is 460 g/mol. The van der Waals surface area contributed by atoms with Crippen LogP contribution in [0.25, 0.3) is 0 Å². The molecule has 0 aliphatic carbocycles. The lowest BCUT2D eigenvalue weighted by molar-refractivity contribution is -0.123. The summed E-state index contributed by atoms with van der Waals surface area (Å²) in [5.74, 6) is 1.16. The SMILES string of the molecule is COc1cccc(OCC(=O)NCC(c2ccc(N(C)C)cc2)N2CCc3ccccc3C2)c1. The number of methoxy groups -OCH3 is 1. The van der Waals surface area contributed by atoms with E-state index < -0.39 is 0 Å². The first-order valence-electron chi connectivity index (χ1n) is 11.6. The lowest BCUT2D eigenvalue weighted by Crippen LogP contribution is -2.41. The van der Waals surface area contributed by atoms with Gasteiger partial charge in [0, 0.05) is 45.5 Å². The highest BCUT2D eigenvalue weighted by atomic mass is 16.5. The Morgan fingerprint density at radius 1 is 1.00 bits per heavy atom. The van der Waals surface area contributed by atoms with E-state index >= 15 is 0 Å². The fourth-order valence-electron chi connectivity index (χ4n) is 4.34. The van der Waals surface area contributed by atoms with E-state index in [1.165, 1.54) is 16.7 Å². The Morgan fingerprint density at radius 2 is 1.74 bits per heavy atom. The van der Waals surface area contributed by atoms with Crippen LogP contribution in [0.1, 0.15) is 22.7 Å². The minimum Gasteiger partial charge on any atom is -0.497 e. The summed E-state index contributed by atoms with van der Waals surface area (Å²) >= 11 is 0. The van der Waals surface area contributed by atoms with E-state index in [4.69, 9.17) is 9.47 Å². The van der Waals surface area contributed by atoms with Gasteiger partial charge < -0.3 is 19.7 Å². The summed E-state index contributed by atoms with van der Waals surface area (Å²) in [6.07, 6.45) is 1.01. The maximum atomic E-state index is 12.6. The third-order valence-electron chi connectivity index (χ3n) is 6.30. The van der Waals surface area contributed by atoms with Crippen molar-refractivity contribution in [1.82, 2.24) is 10.2 Å². The van der Waals surface area contributed by atoms with Gasteiger partial charge in [-0.3, -0.25) is 9.69 Å². The van der Waals surface area contributed by atoms with Crippen molar-refractivity contribution in [3.8, 4) is 11.5 Å². The first-order chi connectivity index (χ1) is 16.5. The normalized spacial score (nSPS) is 14.1. The number of carbonyl (C=O) groups excluding carboxylic acids is 1. The molecule has 0 radical (unpaired) electrons. The van der Waals surface area contributed by atoms with E-state index in [1.54, 1.807) is 13.2 Å². The van der Waals surface area contributed by atoms with E-state index in [-0.39, 0.29) is 18.6 Å². The fraction of sp³-hybridized carbons (Fsp3) is 0.321. The second-order valence-corrected chi connectivity index (χ2v) is 8.76. The van der Waals surface area contributed by atoms with Gasteiger partial charge in [0.05, 0.1) is 13.2 Å². The van der Waals surface area contributed by atoms with Crippen molar-refractivity contribution in [2.75, 3.05) is 45.8 Å². The van der Waals surface area contributed by atoms with Crippen LogP contribution in [-0.4, -0.2) is 51.7 Å². The lowest BCUT2D eigenvalue weighted by Gasteiger charge is -2.36. The van der Waals surface area contributed by atoms with Crippen molar-refractivity contribution in [2.45, 2.75) is 19.0 Å². The number of benzene rings is 3. The molecule has 178 valence electrons. The molecule has 0 saturated carbocycles. The van der Waals surface area contributed by atoms with Gasteiger partial charge in [-0.2, -0.15) is 0 Å². The standard InChI is InChI=1S/C28H33N3O3/c1-30(2)24-13-11-22(12-14-24)27(31-16-15-21-7-4-5-8-23(21)19-31)18-29-28(32)20-34-26-10-6-9-25(17-26)33-3/h4-14,17,27H,15-16,18-20H2,1-3H3,(H,29,32). The highest BCUT2D eigenvalue weighted by Crippen LogP contribution is 2.29. The second kappa shape index (κ2) is 11.1. The Hall–Kier alpha value is -3.51. The molecule has 1 N–H and O–H groups in total. The molecule has 6 heteroatoms. The molecule has 1 aliphatic rings. The van der Waals surface area contributed by atoms with Gasteiger partial charge in [0.1, 0.15) is 11.5 Å². The molecule has 1 amide bonds. The molecule has 0 bridgehead atoms. The Balaban J connectivity index is 1.44. The molecule has 34 heavy (non-hydrogen) atoms. The minimum absolute atomic E-state index is 0.0394. The van der Waals surface area contributed by atoms with Crippen LogP contribution in [0.4, 0.5) is 5.69 Å². The molecule has 1 atom stereocenters. The van der Waals surface area contributed by atoms with Gasteiger partial charge in [-0.1, -0.05) is 42.5 Å². The topological polar surface area (TPSA) is 54.0 Å². The summed E-state index contributed by atoms with van der Waals surface area (Å²) in [5, 5.41) is 3.09. The molecular weight excluding hydrogens is 426 g/mol. The van der Waals surface area contributed by atoms with Crippen LogP contribution in [0.15, 0.2) is 72.8 Å². The molecule has 6 nitrogen and oxygen atoms in total. The molecule has 1 unspecified atom stereocenters. The Kier molecular flexibility index (Phi) is 7.70. The molecule has 0 aromatic heterocycles. The molecule has 4 rings (SSSR count). The van der Waals surface area contributed by atoms with E-state index in [2.05, 4.69) is 63.6 Å². The zero-order valence-electron chi connectivity index (χ0n) is 20.2. The predicted octanol–water partition coefficient (Wildman–Crippen LogP) is 4.06. The Morgan fingerprint density at radius 3 is 2.47 bits per heavy atom. The summed E-state index contributed by atoms with van der Waals surface area (Å²) in [6, 6.07) is 24.6. The van der Waals surface area contributed by atoms with Gasteiger partial charge in [0.25, 0.3) is 5.91 Å². The molecule has 0 fully saturated rings. The third kappa shape index (κ3) is 5.88. The van der Waals surface area contributed by atoms with Crippen LogP contribution in [0.5, 0.6) is 11.5 Å². The first kappa shape index (κ1) is 23.6. The summed E-state index contributed by atoms with van der Waals surface area (Å²) in [4.78, 5) is 17.2. The lowest BCUT2D eigenvalue weighted by atomic mass is 9.96. The van der Waals surface area contributed by atoms with Gasteiger partial charge in [0.2, 0.25) is 0 Å². The van der Waals surface area contributed by atoms with Crippen molar-refractivity contribution < 1.29 is 14.3 Å². The van der Waals surface area contributed by atoms with E-state index in [0.29, 0.717) is 18.0 Å². The van der Waals surface area contributed by atoms with Crippen LogP contribution >= 0.6 is 0 Å². The number of ether oxygens (including phenoxy) is 2. The summed E-state index contributed by atoms with van der Waals surface area (Å²) in [5.41, 5.74) is 5.12. The number of fused-ring (bicyclic) bond motifs is 1. The quantitative estimate of drug-likeness (QED) is 0.523. The number of nitrogens with zero attached hydrogens (tertiary/aromatic N) is 2. The van der Waals surface area contributed by atoms with Crippen molar-refractivity contribution in [3.63, 3.8) is 0 Å². The van der Waals surface area contributed by atoms with E-state index in [0.717, 1.165) is 25.2 Å². The molecule has 1 aliphatic heterocycles. The number of hydrogen-bond donors (Lipinski definition) is 1. The van der Waals surface area contributed by atoms with Crippen molar-refractivity contribution in [3.05, 3.63) is 89.5 Å². The number of nitrogens with one attached hydrogen (secondary N) is 1. The zero-order valence-corrected chi connectivity index (χ0v) is 20.2. The third-order valence-corrected chi connectivity index (χ3v) is 6.30. The summed E-state index contributed by atoms with van der Waals surface area (Å²) in [6.45, 7) is 2.30. The molecule has 1 heterocycles. The Labute approximate surface area is 202 Å². The smallest absolute Gasteiger partial charge is 0.258 e. The van der Waals surface area contributed by atoms with Gasteiger partial charge in [-0.15, -0.1) is 0 Å².